The van der Waals surface area contributed by atoms with E-state index in [1.54, 1.807) is 25.1 Å². The van der Waals surface area contributed by atoms with Crippen LogP contribution in [0.5, 0.6) is 0 Å². The maximum absolute atomic E-state index is 13.3. The second kappa shape index (κ2) is 9.51. The van der Waals surface area contributed by atoms with Crippen LogP contribution in [0, 0.1) is 18.7 Å². The van der Waals surface area contributed by atoms with Gasteiger partial charge in [0.2, 0.25) is 5.91 Å². The first-order valence-corrected chi connectivity index (χ1v) is 11.7. The number of carbonyl (C=O) groups is 2. The molecule has 2 atom stereocenters. The van der Waals surface area contributed by atoms with Crippen LogP contribution in [0.3, 0.4) is 0 Å². The van der Waals surface area contributed by atoms with Gasteiger partial charge in [-0.2, -0.15) is 0 Å². The van der Waals surface area contributed by atoms with Crippen LogP contribution in [0.2, 0.25) is 15.1 Å². The van der Waals surface area contributed by atoms with E-state index in [0.717, 1.165) is 6.20 Å². The first-order valence-electron chi connectivity index (χ1n) is 9.85. The first kappa shape index (κ1) is 25.0. The highest BCUT2D eigenvalue weighted by atomic mass is 35.5. The van der Waals surface area contributed by atoms with Crippen LogP contribution < -0.4 is 10.6 Å². The second-order valence-electron chi connectivity index (χ2n) is 7.79. The third kappa shape index (κ3) is 5.11. The van der Waals surface area contributed by atoms with E-state index < -0.39 is 33.8 Å². The molecular weight excluding hydrogens is 547 g/mol. The fraction of sp³-hybridized carbons (Fsp3) is 0.174. The summed E-state index contributed by atoms with van der Waals surface area (Å²) in [4.78, 5) is 29.6. The van der Waals surface area contributed by atoms with E-state index in [2.05, 4.69) is 15.6 Å². The Morgan fingerprint density at radius 1 is 1.00 bits per heavy atom. The van der Waals surface area contributed by atoms with Crippen molar-refractivity contribution in [3.05, 3.63) is 86.2 Å². The van der Waals surface area contributed by atoms with E-state index in [9.17, 15) is 14.0 Å². The van der Waals surface area contributed by atoms with E-state index in [1.165, 1.54) is 24.3 Å². The highest BCUT2D eigenvalue weighted by Crippen LogP contribution is 2.65. The number of amides is 2. The Kier molecular flexibility index (Phi) is 7.00. The number of hydrogen-bond acceptors (Lipinski definition) is 3. The molecule has 0 unspecified atom stereocenters. The number of carbonyl (C=O) groups excluding carboxylic acids is 2. The summed E-state index contributed by atoms with van der Waals surface area (Å²) in [5.41, 5.74) is 1.47. The summed E-state index contributed by atoms with van der Waals surface area (Å²) >= 11 is 31.1. The van der Waals surface area contributed by atoms with Gasteiger partial charge in [-0.1, -0.05) is 34.8 Å². The molecule has 1 fully saturated rings. The second-order valence-corrected chi connectivity index (χ2v) is 10.5. The van der Waals surface area contributed by atoms with Gasteiger partial charge in [-0.25, -0.2) is 9.37 Å². The fourth-order valence-electron chi connectivity index (χ4n) is 3.67. The van der Waals surface area contributed by atoms with Crippen molar-refractivity contribution in [3.8, 4) is 0 Å². The molecule has 1 aliphatic rings. The summed E-state index contributed by atoms with van der Waals surface area (Å²) in [5, 5.41) is 6.25. The highest BCUT2D eigenvalue weighted by molar-refractivity contribution is 6.53. The zero-order valence-electron chi connectivity index (χ0n) is 17.3. The lowest BCUT2D eigenvalue weighted by Gasteiger charge is -2.11. The monoisotopic (exact) mass is 559 g/mol. The molecule has 2 N–H and O–H groups in total. The molecule has 4 rings (SSSR count). The predicted molar refractivity (Wildman–Crippen MR) is 134 cm³/mol. The topological polar surface area (TPSA) is 71.1 Å². The normalized spacial score (nSPS) is 18.3. The van der Waals surface area contributed by atoms with Crippen LogP contribution in [-0.4, -0.2) is 21.1 Å². The van der Waals surface area contributed by atoms with Gasteiger partial charge in [0, 0.05) is 21.7 Å². The van der Waals surface area contributed by atoms with Gasteiger partial charge in [0.05, 0.1) is 22.7 Å². The molecule has 3 aromatic rings. The van der Waals surface area contributed by atoms with Crippen LogP contribution in [0.1, 0.15) is 27.4 Å². The molecule has 1 aliphatic carbocycles. The van der Waals surface area contributed by atoms with Crippen molar-refractivity contribution in [2.45, 2.75) is 17.2 Å². The minimum absolute atomic E-state index is 0.0852. The highest BCUT2D eigenvalue weighted by Gasteiger charge is 2.67. The smallest absolute Gasteiger partial charge is 0.258 e. The Bertz CT molecular complexity index is 1300. The van der Waals surface area contributed by atoms with Crippen molar-refractivity contribution >= 4 is 81.3 Å². The fourth-order valence-corrected chi connectivity index (χ4v) is 5.24. The molecular formula is C23H15Cl5FN3O2. The molecule has 1 aromatic heterocycles. The maximum Gasteiger partial charge on any atom is 0.258 e. The molecule has 0 spiro atoms. The van der Waals surface area contributed by atoms with Gasteiger partial charge in [0.1, 0.15) is 16.0 Å². The van der Waals surface area contributed by atoms with Gasteiger partial charge in [0.25, 0.3) is 5.91 Å². The minimum Gasteiger partial charge on any atom is -0.326 e. The van der Waals surface area contributed by atoms with Gasteiger partial charge in [0.15, 0.2) is 0 Å². The van der Waals surface area contributed by atoms with Crippen molar-refractivity contribution in [2.24, 2.45) is 5.92 Å². The van der Waals surface area contributed by atoms with Crippen molar-refractivity contribution in [1.29, 1.82) is 0 Å². The number of halogens is 6. The summed E-state index contributed by atoms with van der Waals surface area (Å²) in [6.07, 6.45) is 0.991. The van der Waals surface area contributed by atoms with Crippen LogP contribution in [0.15, 0.2) is 48.7 Å². The van der Waals surface area contributed by atoms with Gasteiger partial charge < -0.3 is 10.6 Å². The molecule has 34 heavy (non-hydrogen) atoms. The number of anilines is 2. The van der Waals surface area contributed by atoms with E-state index in [-0.39, 0.29) is 16.4 Å². The molecule has 1 saturated carbocycles. The number of alkyl halides is 2. The maximum atomic E-state index is 13.3. The van der Waals surface area contributed by atoms with Gasteiger partial charge in [-0.3, -0.25) is 9.59 Å². The summed E-state index contributed by atoms with van der Waals surface area (Å²) in [7, 11) is 0. The van der Waals surface area contributed by atoms with Crippen LogP contribution in [0.4, 0.5) is 15.9 Å². The predicted octanol–water partition coefficient (Wildman–Crippen LogP) is 7.27. The minimum atomic E-state index is -1.35. The van der Waals surface area contributed by atoms with Crippen LogP contribution in [0.25, 0.3) is 0 Å². The van der Waals surface area contributed by atoms with E-state index >= 15 is 0 Å². The summed E-state index contributed by atoms with van der Waals surface area (Å²) in [6, 6.07) is 10.5. The lowest BCUT2D eigenvalue weighted by Crippen LogP contribution is -2.18. The number of nitrogens with zero attached hydrogens (tertiary/aromatic N) is 1. The Balaban J connectivity index is 1.52. The Morgan fingerprint density at radius 2 is 1.68 bits per heavy atom. The summed E-state index contributed by atoms with van der Waals surface area (Å²) in [6.45, 7) is 1.60. The number of aryl methyl sites for hydroxylation is 1. The van der Waals surface area contributed by atoms with Crippen molar-refractivity contribution < 1.29 is 14.0 Å². The van der Waals surface area contributed by atoms with Gasteiger partial charge in [-0.15, -0.1) is 23.2 Å². The Labute approximate surface area is 219 Å². The standard InChI is InChI=1S/C23H15Cl5FN3O2/c1-10-4-14(29)9-30-20(10)32-21(33)16-8-15(2-3-17(16)26)31-22(34)19-18(23(19,27)28)11-5-12(24)7-13(25)6-11/h2-9,18-19H,1H3,(H,31,34)(H,30,32,33)/t18-,19+/m0/s1. The molecule has 2 aromatic carbocycles. The zero-order valence-corrected chi connectivity index (χ0v) is 21.1. The molecule has 0 bridgehead atoms. The molecule has 0 aliphatic heterocycles. The molecule has 0 saturated heterocycles. The van der Waals surface area contributed by atoms with E-state index in [1.807, 2.05) is 0 Å². The lowest BCUT2D eigenvalue weighted by atomic mass is 10.1. The van der Waals surface area contributed by atoms with Crippen LogP contribution >= 0.6 is 58.0 Å². The third-order valence-corrected chi connectivity index (χ3v) is 7.04. The molecule has 1 heterocycles. The Morgan fingerprint density at radius 3 is 2.32 bits per heavy atom. The first-order chi connectivity index (χ1) is 16.0. The van der Waals surface area contributed by atoms with Gasteiger partial charge >= 0.3 is 0 Å². The van der Waals surface area contributed by atoms with Crippen molar-refractivity contribution in [2.75, 3.05) is 10.6 Å². The summed E-state index contributed by atoms with van der Waals surface area (Å²) in [5.74, 6) is -2.65. The molecule has 5 nitrogen and oxygen atoms in total. The van der Waals surface area contributed by atoms with Gasteiger partial charge in [-0.05, 0) is 60.5 Å². The number of hydrogen-bond donors (Lipinski definition) is 2. The number of nitrogens with one attached hydrogen (secondary N) is 2. The number of rotatable bonds is 5. The molecule has 11 heteroatoms. The Hall–Kier alpha value is -2.09. The van der Waals surface area contributed by atoms with E-state index in [0.29, 0.717) is 26.9 Å². The lowest BCUT2D eigenvalue weighted by molar-refractivity contribution is -0.117. The number of benzene rings is 2. The molecule has 0 radical (unpaired) electrons. The SMILES string of the molecule is Cc1cc(F)cnc1NC(=O)c1cc(NC(=O)[C@H]2[C@H](c3cc(Cl)cc(Cl)c3)C2(Cl)Cl)ccc1Cl. The van der Waals surface area contributed by atoms with E-state index in [4.69, 9.17) is 58.0 Å². The van der Waals surface area contributed by atoms with Crippen molar-refractivity contribution in [3.63, 3.8) is 0 Å². The summed E-state index contributed by atoms with van der Waals surface area (Å²) < 4.78 is 11.9. The largest absolute Gasteiger partial charge is 0.326 e. The average molecular weight is 562 g/mol. The average Bonchev–Trinajstić information content (AvgIpc) is 3.33. The number of aromatic nitrogens is 1. The quantitative estimate of drug-likeness (QED) is 0.322. The van der Waals surface area contributed by atoms with Crippen molar-refractivity contribution in [1.82, 2.24) is 4.98 Å². The zero-order chi connectivity index (χ0) is 24.8. The number of pyridine rings is 1. The molecule has 176 valence electrons. The molecule has 2 amide bonds. The third-order valence-electron chi connectivity index (χ3n) is 5.34. The van der Waals surface area contributed by atoms with Crippen LogP contribution in [-0.2, 0) is 4.79 Å².